The fourth-order valence-electron chi connectivity index (χ4n) is 3.64. The lowest BCUT2D eigenvalue weighted by Gasteiger charge is -2.31. The molecule has 0 bridgehead atoms. The van der Waals surface area contributed by atoms with Gasteiger partial charge in [0, 0.05) is 25.7 Å². The molecule has 2 heterocycles. The first-order valence-electron chi connectivity index (χ1n) is 7.37. The van der Waals surface area contributed by atoms with Crippen LogP contribution >= 0.6 is 0 Å². The van der Waals surface area contributed by atoms with E-state index in [1.54, 1.807) is 7.11 Å². The van der Waals surface area contributed by atoms with Crippen LogP contribution in [0.4, 0.5) is 0 Å². The Morgan fingerprint density at radius 2 is 2.28 bits per heavy atom. The molecule has 0 amide bonds. The van der Waals surface area contributed by atoms with E-state index in [1.807, 2.05) is 0 Å². The summed E-state index contributed by atoms with van der Waals surface area (Å²) < 4.78 is 5.32. The third kappa shape index (κ3) is 3.05. The van der Waals surface area contributed by atoms with Crippen molar-refractivity contribution in [3.63, 3.8) is 0 Å². The van der Waals surface area contributed by atoms with Gasteiger partial charge in [0.25, 0.3) is 0 Å². The lowest BCUT2D eigenvalue weighted by molar-refractivity contribution is 0.0916. The molecule has 2 N–H and O–H groups in total. The summed E-state index contributed by atoms with van der Waals surface area (Å²) in [4.78, 5) is 2.58. The molecule has 0 saturated carbocycles. The number of nitrogens with one attached hydrogen (secondary N) is 1. The van der Waals surface area contributed by atoms with Gasteiger partial charge in [-0.25, -0.2) is 0 Å². The molecule has 0 aromatic heterocycles. The van der Waals surface area contributed by atoms with Crippen LogP contribution in [0.5, 0.6) is 0 Å². The third-order valence-electron chi connectivity index (χ3n) is 4.79. The van der Waals surface area contributed by atoms with Crippen LogP contribution in [-0.2, 0) is 4.74 Å². The normalized spacial score (nSPS) is 37.5. The maximum absolute atomic E-state index is 9.49. The number of methoxy groups -OCH3 is 1. The molecule has 2 rings (SSSR count). The number of aliphatic hydroxyl groups is 1. The molecule has 2 fully saturated rings. The highest BCUT2D eigenvalue weighted by Crippen LogP contribution is 2.29. The number of likely N-dealkylation sites (tertiary alicyclic amines) is 1. The Bertz CT molecular complexity index is 238. The van der Waals surface area contributed by atoms with Crippen molar-refractivity contribution in [2.24, 2.45) is 11.8 Å². The molecule has 18 heavy (non-hydrogen) atoms. The van der Waals surface area contributed by atoms with E-state index >= 15 is 0 Å². The first-order chi connectivity index (χ1) is 8.80. The SMILES string of the molecule is CC[C@@H]1CN[C@H](CO)[C@@H]1CN1CCC[C@@H]1COC. The fraction of sp³-hybridized carbons (Fsp3) is 1.00. The van der Waals surface area contributed by atoms with Gasteiger partial charge in [-0.05, 0) is 37.8 Å². The Morgan fingerprint density at radius 1 is 1.44 bits per heavy atom. The summed E-state index contributed by atoms with van der Waals surface area (Å²) in [5, 5.41) is 13.0. The predicted octanol–water partition coefficient (Wildman–Crippen LogP) is 0.704. The molecule has 2 aliphatic heterocycles. The first-order valence-corrected chi connectivity index (χ1v) is 7.37. The fourth-order valence-corrected chi connectivity index (χ4v) is 3.64. The summed E-state index contributed by atoms with van der Waals surface area (Å²) in [6.07, 6.45) is 3.75. The minimum atomic E-state index is 0.268. The summed E-state index contributed by atoms with van der Waals surface area (Å²) in [6, 6.07) is 0.881. The molecule has 4 heteroatoms. The van der Waals surface area contributed by atoms with Gasteiger partial charge in [-0.1, -0.05) is 13.3 Å². The van der Waals surface area contributed by atoms with Crippen molar-refractivity contribution in [1.29, 1.82) is 0 Å². The lowest BCUT2D eigenvalue weighted by atomic mass is 9.88. The molecular weight excluding hydrogens is 228 g/mol. The van der Waals surface area contributed by atoms with Crippen LogP contribution in [0.1, 0.15) is 26.2 Å². The second kappa shape index (κ2) is 6.85. The molecule has 0 aromatic rings. The summed E-state index contributed by atoms with van der Waals surface area (Å²) in [7, 11) is 1.79. The third-order valence-corrected chi connectivity index (χ3v) is 4.79. The smallest absolute Gasteiger partial charge is 0.0618 e. The van der Waals surface area contributed by atoms with Crippen molar-refractivity contribution in [1.82, 2.24) is 10.2 Å². The van der Waals surface area contributed by atoms with Crippen molar-refractivity contribution in [3.05, 3.63) is 0 Å². The van der Waals surface area contributed by atoms with Crippen LogP contribution in [0.2, 0.25) is 0 Å². The van der Waals surface area contributed by atoms with Crippen LogP contribution in [-0.4, -0.2) is 62.0 Å². The van der Waals surface area contributed by atoms with Gasteiger partial charge in [-0.2, -0.15) is 0 Å². The zero-order valence-corrected chi connectivity index (χ0v) is 11.8. The van der Waals surface area contributed by atoms with E-state index in [4.69, 9.17) is 4.74 Å². The highest BCUT2D eigenvalue weighted by Gasteiger charge is 2.37. The number of hydrogen-bond donors (Lipinski definition) is 2. The van der Waals surface area contributed by atoms with Crippen molar-refractivity contribution >= 4 is 0 Å². The molecule has 0 radical (unpaired) electrons. The molecule has 0 aromatic carbocycles. The van der Waals surface area contributed by atoms with E-state index in [9.17, 15) is 5.11 Å². The maximum Gasteiger partial charge on any atom is 0.0618 e. The van der Waals surface area contributed by atoms with Crippen LogP contribution in [0.15, 0.2) is 0 Å². The molecule has 0 unspecified atom stereocenters. The number of rotatable bonds is 6. The van der Waals surface area contributed by atoms with Crippen molar-refractivity contribution in [2.45, 2.75) is 38.3 Å². The Hall–Kier alpha value is -0.160. The van der Waals surface area contributed by atoms with Crippen LogP contribution in [0, 0.1) is 11.8 Å². The average molecular weight is 256 g/mol. The minimum Gasteiger partial charge on any atom is -0.395 e. The van der Waals surface area contributed by atoms with Crippen LogP contribution in [0.25, 0.3) is 0 Å². The van der Waals surface area contributed by atoms with E-state index in [0.717, 1.165) is 19.7 Å². The quantitative estimate of drug-likeness (QED) is 0.734. The Balaban J connectivity index is 1.93. The molecule has 4 nitrogen and oxygen atoms in total. The molecule has 2 aliphatic rings. The Kier molecular flexibility index (Phi) is 5.42. The van der Waals surface area contributed by atoms with E-state index in [0.29, 0.717) is 23.9 Å². The Morgan fingerprint density at radius 3 is 2.94 bits per heavy atom. The lowest BCUT2D eigenvalue weighted by Crippen LogP contribution is -2.42. The van der Waals surface area contributed by atoms with Gasteiger partial charge in [0.05, 0.1) is 13.2 Å². The van der Waals surface area contributed by atoms with E-state index in [1.165, 1.54) is 25.8 Å². The number of nitrogens with zero attached hydrogens (tertiary/aromatic N) is 1. The van der Waals surface area contributed by atoms with E-state index in [2.05, 4.69) is 17.1 Å². The monoisotopic (exact) mass is 256 g/mol. The van der Waals surface area contributed by atoms with E-state index in [-0.39, 0.29) is 6.61 Å². The highest BCUT2D eigenvalue weighted by atomic mass is 16.5. The zero-order chi connectivity index (χ0) is 13.0. The molecule has 106 valence electrons. The number of aliphatic hydroxyl groups excluding tert-OH is 1. The van der Waals surface area contributed by atoms with Gasteiger partial charge < -0.3 is 15.2 Å². The van der Waals surface area contributed by atoms with Crippen molar-refractivity contribution in [2.75, 3.05) is 40.0 Å². The molecular formula is C14H28N2O2. The van der Waals surface area contributed by atoms with Gasteiger partial charge in [0.15, 0.2) is 0 Å². The van der Waals surface area contributed by atoms with Gasteiger partial charge in [-0.15, -0.1) is 0 Å². The van der Waals surface area contributed by atoms with Crippen LogP contribution < -0.4 is 5.32 Å². The second-order valence-electron chi connectivity index (χ2n) is 5.78. The molecule has 0 spiro atoms. The minimum absolute atomic E-state index is 0.268. The summed E-state index contributed by atoms with van der Waals surface area (Å²) in [5.74, 6) is 1.31. The summed E-state index contributed by atoms with van der Waals surface area (Å²) >= 11 is 0. The van der Waals surface area contributed by atoms with Crippen molar-refractivity contribution in [3.8, 4) is 0 Å². The number of ether oxygens (including phenoxy) is 1. The van der Waals surface area contributed by atoms with Gasteiger partial charge >= 0.3 is 0 Å². The highest BCUT2D eigenvalue weighted by molar-refractivity contribution is 4.93. The van der Waals surface area contributed by atoms with Gasteiger partial charge in [0.1, 0.15) is 0 Å². The molecule has 2 saturated heterocycles. The first kappa shape index (κ1) is 14.3. The van der Waals surface area contributed by atoms with Crippen molar-refractivity contribution < 1.29 is 9.84 Å². The van der Waals surface area contributed by atoms with Crippen LogP contribution in [0.3, 0.4) is 0 Å². The topological polar surface area (TPSA) is 44.7 Å². The second-order valence-corrected chi connectivity index (χ2v) is 5.78. The summed E-state index contributed by atoms with van der Waals surface area (Å²) in [6.45, 7) is 6.75. The van der Waals surface area contributed by atoms with Gasteiger partial charge in [-0.3, -0.25) is 4.90 Å². The average Bonchev–Trinajstić information content (AvgIpc) is 2.97. The summed E-state index contributed by atoms with van der Waals surface area (Å²) in [5.41, 5.74) is 0. The Labute approximate surface area is 111 Å². The molecule has 0 aliphatic carbocycles. The predicted molar refractivity (Wildman–Crippen MR) is 72.6 cm³/mol. The van der Waals surface area contributed by atoms with E-state index < -0.39 is 0 Å². The zero-order valence-electron chi connectivity index (χ0n) is 11.8. The number of hydrogen-bond acceptors (Lipinski definition) is 4. The largest absolute Gasteiger partial charge is 0.395 e. The maximum atomic E-state index is 9.49. The molecule has 4 atom stereocenters. The standard InChI is InChI=1S/C14H28N2O2/c1-3-11-7-15-14(9-17)13(11)8-16-6-4-5-12(16)10-18-2/h11-15,17H,3-10H2,1-2H3/t11-,12-,13-,14-/m1/s1. The van der Waals surface area contributed by atoms with Gasteiger partial charge in [0.2, 0.25) is 0 Å².